The van der Waals surface area contributed by atoms with E-state index in [0.29, 0.717) is 18.9 Å². The van der Waals surface area contributed by atoms with Gasteiger partial charge >= 0.3 is 0 Å². The van der Waals surface area contributed by atoms with Crippen molar-refractivity contribution in [2.24, 2.45) is 17.6 Å². The number of nitrogens with one attached hydrogen (secondary N) is 2. The molecule has 2 aliphatic heterocycles. The fourth-order valence-corrected chi connectivity index (χ4v) is 5.31. The average Bonchev–Trinajstić information content (AvgIpc) is 2.84. The molecule has 10 heteroatoms. The lowest BCUT2D eigenvalue weighted by atomic mass is 9.84. The van der Waals surface area contributed by atoms with Gasteiger partial charge in [0.25, 0.3) is 0 Å². The van der Waals surface area contributed by atoms with E-state index in [1.54, 1.807) is 4.90 Å². The number of methoxy groups -OCH3 is 1. The molecule has 1 saturated carbocycles. The molecule has 2 unspecified atom stereocenters. The van der Waals surface area contributed by atoms with Crippen molar-refractivity contribution >= 4 is 23.6 Å². The molecule has 1 aliphatic carbocycles. The smallest absolute Gasteiger partial charge is 0.249 e. The first-order valence-electron chi connectivity index (χ1n) is 12.3. The molecule has 0 radical (unpaired) electrons. The van der Waals surface area contributed by atoms with Gasteiger partial charge in [0.2, 0.25) is 23.6 Å². The molecule has 3 fully saturated rings. The van der Waals surface area contributed by atoms with E-state index < -0.39 is 23.9 Å². The predicted molar refractivity (Wildman–Crippen MR) is 122 cm³/mol. The summed E-state index contributed by atoms with van der Waals surface area (Å²) in [5, 5.41) is 6.06. The fourth-order valence-electron chi connectivity index (χ4n) is 5.31. The normalized spacial score (nSPS) is 23.7. The van der Waals surface area contributed by atoms with E-state index in [0.717, 1.165) is 51.6 Å². The summed E-state index contributed by atoms with van der Waals surface area (Å²) in [4.78, 5) is 54.3. The highest BCUT2D eigenvalue weighted by Crippen LogP contribution is 2.27. The second-order valence-corrected chi connectivity index (χ2v) is 9.55. The third kappa shape index (κ3) is 6.89. The topological polar surface area (TPSA) is 134 Å². The van der Waals surface area contributed by atoms with Crippen molar-refractivity contribution in [1.82, 2.24) is 20.4 Å². The number of ether oxygens (including phenoxy) is 1. The Kier molecular flexibility index (Phi) is 9.49. The van der Waals surface area contributed by atoms with Gasteiger partial charge in [-0.2, -0.15) is 0 Å². The number of rotatable bonds is 8. The molecule has 0 aromatic rings. The predicted octanol–water partition coefficient (Wildman–Crippen LogP) is -0.388. The van der Waals surface area contributed by atoms with E-state index >= 15 is 0 Å². The van der Waals surface area contributed by atoms with Gasteiger partial charge in [0.15, 0.2) is 0 Å². The Hall–Kier alpha value is -2.20. The van der Waals surface area contributed by atoms with Crippen LogP contribution in [0, 0.1) is 11.8 Å². The quantitative estimate of drug-likeness (QED) is 0.447. The highest BCUT2D eigenvalue weighted by molar-refractivity contribution is 5.93. The molecule has 186 valence electrons. The van der Waals surface area contributed by atoms with Crippen LogP contribution < -0.4 is 16.4 Å². The van der Waals surface area contributed by atoms with Crippen molar-refractivity contribution in [3.63, 3.8) is 0 Å². The van der Waals surface area contributed by atoms with Crippen LogP contribution in [-0.4, -0.2) is 92.0 Å². The molecular weight excluding hydrogens is 426 g/mol. The SMILES string of the molecule is COCC(=O)N1CCN(C(=O)C2CCNCC2)CC1C(=O)NC(CC1CCCCC1)C(N)=O. The van der Waals surface area contributed by atoms with Crippen LogP contribution in [0.1, 0.15) is 51.4 Å². The highest BCUT2D eigenvalue weighted by atomic mass is 16.5. The Morgan fingerprint density at radius 2 is 1.76 bits per heavy atom. The van der Waals surface area contributed by atoms with E-state index in [2.05, 4.69) is 10.6 Å². The van der Waals surface area contributed by atoms with Crippen LogP contribution in [0.25, 0.3) is 0 Å². The largest absolute Gasteiger partial charge is 0.375 e. The van der Waals surface area contributed by atoms with Gasteiger partial charge in [0.05, 0.1) is 6.54 Å². The fraction of sp³-hybridized carbons (Fsp3) is 0.826. The average molecular weight is 466 g/mol. The first kappa shape index (κ1) is 25.4. The summed E-state index contributed by atoms with van der Waals surface area (Å²) in [6.45, 7) is 2.19. The van der Waals surface area contributed by atoms with Crippen molar-refractivity contribution in [2.45, 2.75) is 63.5 Å². The summed E-state index contributed by atoms with van der Waals surface area (Å²) in [7, 11) is 1.43. The summed E-state index contributed by atoms with van der Waals surface area (Å²) >= 11 is 0. The zero-order valence-corrected chi connectivity index (χ0v) is 19.7. The monoisotopic (exact) mass is 465 g/mol. The maximum Gasteiger partial charge on any atom is 0.249 e. The van der Waals surface area contributed by atoms with Gasteiger partial charge in [-0.25, -0.2) is 0 Å². The molecule has 3 aliphatic rings. The highest BCUT2D eigenvalue weighted by Gasteiger charge is 2.39. The van der Waals surface area contributed by atoms with Gasteiger partial charge in [-0.3, -0.25) is 19.2 Å². The molecule has 0 spiro atoms. The summed E-state index contributed by atoms with van der Waals surface area (Å²) in [6.07, 6.45) is 7.55. The Bertz CT molecular complexity index is 705. The zero-order chi connectivity index (χ0) is 23.8. The maximum absolute atomic E-state index is 13.3. The molecule has 4 amide bonds. The van der Waals surface area contributed by atoms with Crippen molar-refractivity contribution in [3.05, 3.63) is 0 Å². The summed E-state index contributed by atoms with van der Waals surface area (Å²) in [5.74, 6) is -1.01. The number of hydrogen-bond acceptors (Lipinski definition) is 6. The molecule has 0 aromatic carbocycles. The third-order valence-electron chi connectivity index (χ3n) is 7.22. The van der Waals surface area contributed by atoms with E-state index in [-0.39, 0.29) is 37.4 Å². The van der Waals surface area contributed by atoms with Gasteiger partial charge in [-0.05, 0) is 38.3 Å². The second-order valence-electron chi connectivity index (χ2n) is 9.55. The second kappa shape index (κ2) is 12.3. The van der Waals surface area contributed by atoms with Crippen LogP contribution in [0.4, 0.5) is 0 Å². The molecule has 33 heavy (non-hydrogen) atoms. The minimum absolute atomic E-state index is 0.0294. The molecule has 0 bridgehead atoms. The van der Waals surface area contributed by atoms with Crippen LogP contribution >= 0.6 is 0 Å². The van der Waals surface area contributed by atoms with Crippen LogP contribution in [0.2, 0.25) is 0 Å². The lowest BCUT2D eigenvalue weighted by molar-refractivity contribution is -0.152. The molecule has 4 N–H and O–H groups in total. The minimum atomic E-state index is -0.875. The first-order chi connectivity index (χ1) is 15.9. The van der Waals surface area contributed by atoms with E-state index in [9.17, 15) is 19.2 Å². The maximum atomic E-state index is 13.3. The van der Waals surface area contributed by atoms with E-state index in [1.165, 1.54) is 18.4 Å². The van der Waals surface area contributed by atoms with Crippen molar-refractivity contribution in [1.29, 1.82) is 0 Å². The first-order valence-corrected chi connectivity index (χ1v) is 12.3. The number of nitrogens with zero attached hydrogens (tertiary/aromatic N) is 2. The van der Waals surface area contributed by atoms with Crippen molar-refractivity contribution in [3.8, 4) is 0 Å². The van der Waals surface area contributed by atoms with Gasteiger partial charge < -0.3 is 30.9 Å². The molecule has 10 nitrogen and oxygen atoms in total. The number of amides is 4. The standard InChI is InChI=1S/C23H39N5O5/c1-33-15-20(29)28-12-11-27(23(32)17-7-9-25-10-8-17)14-19(28)22(31)26-18(21(24)30)13-16-5-3-2-4-6-16/h16-19,25H,2-15H2,1H3,(H2,24,30)(H,26,31). The number of hydrogen-bond donors (Lipinski definition) is 3. The van der Waals surface area contributed by atoms with E-state index in [4.69, 9.17) is 10.5 Å². The van der Waals surface area contributed by atoms with Crippen LogP contribution in [-0.2, 0) is 23.9 Å². The van der Waals surface area contributed by atoms with E-state index in [1.807, 2.05) is 0 Å². The van der Waals surface area contributed by atoms with Crippen molar-refractivity contribution in [2.75, 3.05) is 46.4 Å². The summed E-state index contributed by atoms with van der Waals surface area (Å²) < 4.78 is 4.99. The Labute approximate surface area is 195 Å². The summed E-state index contributed by atoms with van der Waals surface area (Å²) in [5.41, 5.74) is 5.62. The van der Waals surface area contributed by atoms with Crippen molar-refractivity contribution < 1.29 is 23.9 Å². The lowest BCUT2D eigenvalue weighted by Crippen LogP contribution is -2.64. The van der Waals surface area contributed by atoms with Crippen LogP contribution in [0.15, 0.2) is 0 Å². The number of carbonyl (C=O) groups excluding carboxylic acids is 4. The molecule has 0 aromatic heterocycles. The van der Waals surface area contributed by atoms with Gasteiger partial charge in [-0.1, -0.05) is 32.1 Å². The molecular formula is C23H39N5O5. The van der Waals surface area contributed by atoms with Crippen LogP contribution in [0.3, 0.4) is 0 Å². The third-order valence-corrected chi connectivity index (χ3v) is 7.22. The molecule has 3 rings (SSSR count). The Balaban J connectivity index is 1.69. The zero-order valence-electron chi connectivity index (χ0n) is 19.7. The number of primary amides is 1. The number of carbonyl (C=O) groups is 4. The Morgan fingerprint density at radius 3 is 2.39 bits per heavy atom. The van der Waals surface area contributed by atoms with Gasteiger partial charge in [0.1, 0.15) is 18.7 Å². The number of nitrogens with two attached hydrogens (primary N) is 1. The summed E-state index contributed by atoms with van der Waals surface area (Å²) in [6, 6.07) is -1.66. The van der Waals surface area contributed by atoms with Gasteiger partial charge in [-0.15, -0.1) is 0 Å². The minimum Gasteiger partial charge on any atom is -0.375 e. The molecule has 2 saturated heterocycles. The number of piperidine rings is 1. The number of piperazine rings is 1. The lowest BCUT2D eigenvalue weighted by Gasteiger charge is -2.42. The molecule has 2 atom stereocenters. The van der Waals surface area contributed by atoms with Gasteiger partial charge in [0, 0.05) is 26.1 Å². The molecule has 2 heterocycles. The Morgan fingerprint density at radius 1 is 1.06 bits per heavy atom. The van der Waals surface area contributed by atoms with Crippen LogP contribution in [0.5, 0.6) is 0 Å².